The highest BCUT2D eigenvalue weighted by molar-refractivity contribution is 7.99. The molecule has 0 aromatic heterocycles. The van der Waals surface area contributed by atoms with Gasteiger partial charge in [-0.25, -0.2) is 0 Å². The largest absolute Gasteiger partial charge is 0.416 e. The lowest BCUT2D eigenvalue weighted by molar-refractivity contribution is -0.137. The predicted molar refractivity (Wildman–Crippen MR) is 118 cm³/mol. The molecule has 3 rings (SSSR count). The van der Waals surface area contributed by atoms with Crippen molar-refractivity contribution in [2.45, 2.75) is 20.0 Å². The van der Waals surface area contributed by atoms with E-state index in [0.717, 1.165) is 59.0 Å². The van der Waals surface area contributed by atoms with Gasteiger partial charge in [-0.2, -0.15) is 24.9 Å². The Balaban J connectivity index is 1.90. The molecule has 2 aromatic carbocycles. The summed E-state index contributed by atoms with van der Waals surface area (Å²) in [6.07, 6.45) is 0.802. The number of carbonyl (C=O) groups excluding carboxylic acids is 1. The standard InChI is InChI=1S/C24H24F3NOS/c1-17-3-7-20(15-18(17)2)21(16-23(29)28-11-13-30-14-12-28)8-4-19-5-9-22(10-6-19)24(25,26)27/h3-10,15-16H,11-14H2,1-2H3/b8-4+,21-16-. The van der Waals surface area contributed by atoms with Gasteiger partial charge in [-0.05, 0) is 53.8 Å². The molecule has 0 saturated carbocycles. The van der Waals surface area contributed by atoms with Crippen LogP contribution in [-0.2, 0) is 11.0 Å². The normalized spacial score (nSPS) is 15.6. The van der Waals surface area contributed by atoms with Crippen molar-refractivity contribution in [1.82, 2.24) is 4.90 Å². The maximum atomic E-state index is 12.8. The maximum absolute atomic E-state index is 12.8. The van der Waals surface area contributed by atoms with Gasteiger partial charge in [0.15, 0.2) is 0 Å². The molecule has 1 aliphatic heterocycles. The first-order chi connectivity index (χ1) is 14.2. The Labute approximate surface area is 179 Å². The van der Waals surface area contributed by atoms with E-state index in [1.807, 2.05) is 48.7 Å². The fraction of sp³-hybridized carbons (Fsp3) is 0.292. The zero-order chi connectivity index (χ0) is 21.7. The molecule has 1 heterocycles. The van der Waals surface area contributed by atoms with E-state index in [9.17, 15) is 18.0 Å². The fourth-order valence-corrected chi connectivity index (χ4v) is 4.03. The molecule has 6 heteroatoms. The minimum absolute atomic E-state index is 0.0411. The Morgan fingerprint density at radius 1 is 1.00 bits per heavy atom. The monoisotopic (exact) mass is 431 g/mol. The molecule has 0 radical (unpaired) electrons. The molecule has 0 unspecified atom stereocenters. The Morgan fingerprint density at radius 3 is 2.27 bits per heavy atom. The predicted octanol–water partition coefficient (Wildman–Crippen LogP) is 5.99. The summed E-state index contributed by atoms with van der Waals surface area (Å²) in [4.78, 5) is 14.6. The number of alkyl halides is 3. The Hall–Kier alpha value is -2.47. The Kier molecular flexibility index (Phi) is 7.08. The number of amides is 1. The van der Waals surface area contributed by atoms with Gasteiger partial charge in [0, 0.05) is 30.7 Å². The van der Waals surface area contributed by atoms with Gasteiger partial charge in [0.25, 0.3) is 0 Å². The van der Waals surface area contributed by atoms with Crippen LogP contribution < -0.4 is 0 Å². The van der Waals surface area contributed by atoms with E-state index in [4.69, 9.17) is 0 Å². The van der Waals surface area contributed by atoms with Crippen LogP contribution in [0.5, 0.6) is 0 Å². The Bertz CT molecular complexity index is 955. The van der Waals surface area contributed by atoms with Gasteiger partial charge in [-0.15, -0.1) is 0 Å². The van der Waals surface area contributed by atoms with E-state index in [-0.39, 0.29) is 5.91 Å². The molecule has 158 valence electrons. The van der Waals surface area contributed by atoms with Gasteiger partial charge < -0.3 is 4.90 Å². The van der Waals surface area contributed by atoms with E-state index in [0.29, 0.717) is 5.56 Å². The van der Waals surface area contributed by atoms with Crippen LogP contribution in [0.1, 0.15) is 27.8 Å². The summed E-state index contributed by atoms with van der Waals surface area (Å²) in [5.74, 6) is 1.82. The topological polar surface area (TPSA) is 20.3 Å². The molecule has 0 spiro atoms. The average molecular weight is 432 g/mol. The van der Waals surface area contributed by atoms with E-state index in [2.05, 4.69) is 0 Å². The number of halogens is 3. The average Bonchev–Trinajstić information content (AvgIpc) is 2.73. The van der Waals surface area contributed by atoms with Crippen molar-refractivity contribution in [3.8, 4) is 0 Å². The molecule has 2 nitrogen and oxygen atoms in total. The number of thioether (sulfide) groups is 1. The van der Waals surface area contributed by atoms with Gasteiger partial charge >= 0.3 is 6.18 Å². The van der Waals surface area contributed by atoms with Gasteiger partial charge in [-0.1, -0.05) is 42.5 Å². The second kappa shape index (κ2) is 9.56. The molecule has 0 atom stereocenters. The van der Waals surface area contributed by atoms with Crippen LogP contribution in [-0.4, -0.2) is 35.4 Å². The molecule has 0 bridgehead atoms. The van der Waals surface area contributed by atoms with E-state index < -0.39 is 11.7 Å². The van der Waals surface area contributed by atoms with Crippen molar-refractivity contribution in [1.29, 1.82) is 0 Å². The summed E-state index contributed by atoms with van der Waals surface area (Å²) < 4.78 is 38.3. The minimum Gasteiger partial charge on any atom is -0.337 e. The highest BCUT2D eigenvalue weighted by Crippen LogP contribution is 2.29. The number of nitrogens with zero attached hydrogens (tertiary/aromatic N) is 1. The first-order valence-electron chi connectivity index (χ1n) is 9.75. The van der Waals surface area contributed by atoms with Crippen LogP contribution in [0.15, 0.2) is 54.6 Å². The summed E-state index contributed by atoms with van der Waals surface area (Å²) in [5.41, 5.74) is 3.87. The summed E-state index contributed by atoms with van der Waals surface area (Å²) in [6.45, 7) is 5.49. The zero-order valence-electron chi connectivity index (χ0n) is 17.0. The SMILES string of the molecule is Cc1ccc(C(=C\C(=O)N2CCSCC2)/C=C/c2ccc(C(F)(F)F)cc2)cc1C. The second-order valence-corrected chi connectivity index (χ2v) is 8.51. The molecule has 1 saturated heterocycles. The molecule has 2 aromatic rings. The van der Waals surface area contributed by atoms with Crippen LogP contribution in [0.25, 0.3) is 11.6 Å². The van der Waals surface area contributed by atoms with Gasteiger partial charge in [-0.3, -0.25) is 4.79 Å². The fourth-order valence-electron chi connectivity index (χ4n) is 3.13. The summed E-state index contributed by atoms with van der Waals surface area (Å²) in [7, 11) is 0. The summed E-state index contributed by atoms with van der Waals surface area (Å²) in [5, 5.41) is 0. The smallest absolute Gasteiger partial charge is 0.337 e. The number of benzene rings is 2. The third kappa shape index (κ3) is 5.79. The van der Waals surface area contributed by atoms with Gasteiger partial charge in [0.1, 0.15) is 0 Å². The molecule has 1 fully saturated rings. The van der Waals surface area contributed by atoms with Crippen LogP contribution in [0.2, 0.25) is 0 Å². The maximum Gasteiger partial charge on any atom is 0.416 e. The van der Waals surface area contributed by atoms with E-state index in [1.54, 1.807) is 18.2 Å². The van der Waals surface area contributed by atoms with Crippen molar-refractivity contribution in [2.24, 2.45) is 0 Å². The van der Waals surface area contributed by atoms with E-state index >= 15 is 0 Å². The molecular formula is C24H24F3NOS. The quantitative estimate of drug-likeness (QED) is 0.437. The van der Waals surface area contributed by atoms with Crippen molar-refractivity contribution in [2.75, 3.05) is 24.6 Å². The lowest BCUT2D eigenvalue weighted by Crippen LogP contribution is -2.36. The molecule has 0 N–H and O–H groups in total. The van der Waals surface area contributed by atoms with Crippen molar-refractivity contribution >= 4 is 29.3 Å². The number of allylic oxidation sites excluding steroid dienone is 2. The van der Waals surface area contributed by atoms with E-state index in [1.165, 1.54) is 12.1 Å². The first kappa shape index (κ1) is 22.2. The molecule has 1 aliphatic rings. The lowest BCUT2D eigenvalue weighted by atomic mass is 9.99. The van der Waals surface area contributed by atoms with Gasteiger partial charge in [0.2, 0.25) is 5.91 Å². The zero-order valence-corrected chi connectivity index (χ0v) is 17.8. The van der Waals surface area contributed by atoms with Crippen molar-refractivity contribution < 1.29 is 18.0 Å². The third-order valence-corrected chi connectivity index (χ3v) is 6.08. The van der Waals surface area contributed by atoms with Crippen LogP contribution >= 0.6 is 11.8 Å². The minimum atomic E-state index is -4.36. The van der Waals surface area contributed by atoms with Crippen molar-refractivity contribution in [3.05, 3.63) is 82.4 Å². The molecule has 30 heavy (non-hydrogen) atoms. The second-order valence-electron chi connectivity index (χ2n) is 7.29. The van der Waals surface area contributed by atoms with Crippen LogP contribution in [0.3, 0.4) is 0 Å². The molecule has 0 aliphatic carbocycles. The number of carbonyl (C=O) groups is 1. The third-order valence-electron chi connectivity index (χ3n) is 5.14. The first-order valence-corrected chi connectivity index (χ1v) is 10.9. The molecular weight excluding hydrogens is 407 g/mol. The van der Waals surface area contributed by atoms with Crippen molar-refractivity contribution in [3.63, 3.8) is 0 Å². The number of hydrogen-bond acceptors (Lipinski definition) is 2. The number of aryl methyl sites for hydroxylation is 2. The highest BCUT2D eigenvalue weighted by atomic mass is 32.2. The summed E-state index contributed by atoms with van der Waals surface area (Å²) >= 11 is 1.84. The van der Waals surface area contributed by atoms with Crippen LogP contribution in [0, 0.1) is 13.8 Å². The number of rotatable bonds is 4. The highest BCUT2D eigenvalue weighted by Gasteiger charge is 2.29. The molecule has 1 amide bonds. The Morgan fingerprint density at radius 2 is 1.67 bits per heavy atom. The lowest BCUT2D eigenvalue weighted by Gasteiger charge is -2.25. The number of hydrogen-bond donors (Lipinski definition) is 0. The summed E-state index contributed by atoms with van der Waals surface area (Å²) in [6, 6.07) is 11.0. The van der Waals surface area contributed by atoms with Crippen LogP contribution in [0.4, 0.5) is 13.2 Å². The van der Waals surface area contributed by atoms with Gasteiger partial charge in [0.05, 0.1) is 5.56 Å².